The van der Waals surface area contributed by atoms with Gasteiger partial charge in [-0.25, -0.2) is 0 Å². The predicted octanol–water partition coefficient (Wildman–Crippen LogP) is 5.24. The van der Waals surface area contributed by atoms with Gasteiger partial charge in [0.1, 0.15) is 11.3 Å². The molecule has 0 unspecified atom stereocenters. The number of Topliss-reactive ketones (excluding diaryl/α,β-unsaturated/α-hetero) is 1. The van der Waals surface area contributed by atoms with Gasteiger partial charge in [0.15, 0.2) is 5.78 Å². The van der Waals surface area contributed by atoms with Crippen LogP contribution in [0.2, 0.25) is 5.02 Å². The summed E-state index contributed by atoms with van der Waals surface area (Å²) in [5.41, 5.74) is 2.65. The molecule has 2 aromatic heterocycles. The molecule has 7 nitrogen and oxygen atoms in total. The van der Waals surface area contributed by atoms with Gasteiger partial charge in [0, 0.05) is 28.8 Å². The van der Waals surface area contributed by atoms with Crippen LogP contribution in [-0.4, -0.2) is 37.3 Å². The molecule has 8 heteroatoms. The molecule has 184 valence electrons. The Bertz CT molecular complexity index is 1490. The Labute approximate surface area is 213 Å². The quantitative estimate of drug-likeness (QED) is 0.232. The molecule has 0 aliphatic carbocycles. The standard InChI is InChI=1S/C28H27ClN4O3/c1-2-3-4-8-15-31-17-22-26(28(31)36)32(18-24(34)20-9-6-5-7-10-20)25-16-23(30-33(25)27(22)35)19-11-13-21(29)14-12-19/h5-7,9-14,16H,2-4,8,15,17-18H2,1H3. The summed E-state index contributed by atoms with van der Waals surface area (Å²) in [7, 11) is 0. The van der Waals surface area contributed by atoms with Crippen LogP contribution in [0, 0.1) is 0 Å². The normalized spacial score (nSPS) is 12.9. The number of unbranched alkanes of at least 4 members (excludes halogenated alkanes) is 3. The predicted molar refractivity (Wildman–Crippen MR) is 140 cm³/mol. The number of benzene rings is 2. The van der Waals surface area contributed by atoms with Crippen molar-refractivity contribution in [2.75, 3.05) is 6.54 Å². The molecule has 5 rings (SSSR count). The molecule has 1 aliphatic rings. The Morgan fingerprint density at radius 1 is 1.00 bits per heavy atom. The zero-order valence-corrected chi connectivity index (χ0v) is 20.9. The van der Waals surface area contributed by atoms with Crippen LogP contribution in [-0.2, 0) is 13.1 Å². The molecule has 0 atom stereocenters. The second kappa shape index (κ2) is 10.1. The minimum absolute atomic E-state index is 0.0721. The highest BCUT2D eigenvalue weighted by atomic mass is 35.5. The number of carbonyl (C=O) groups is 2. The molecule has 1 amide bonds. The van der Waals surface area contributed by atoms with Crippen LogP contribution in [0.4, 0.5) is 0 Å². The van der Waals surface area contributed by atoms with Crippen LogP contribution in [0.1, 0.15) is 59.0 Å². The van der Waals surface area contributed by atoms with Crippen LogP contribution in [0.5, 0.6) is 0 Å². The van der Waals surface area contributed by atoms with E-state index < -0.39 is 0 Å². The number of hydrogen-bond donors (Lipinski definition) is 0. The first-order valence-electron chi connectivity index (χ1n) is 12.3. The first kappa shape index (κ1) is 24.0. The Balaban J connectivity index is 1.61. The maximum absolute atomic E-state index is 13.5. The van der Waals surface area contributed by atoms with Gasteiger partial charge in [0.2, 0.25) is 0 Å². The van der Waals surface area contributed by atoms with Crippen LogP contribution in [0.25, 0.3) is 16.9 Å². The number of amides is 1. The molecule has 0 radical (unpaired) electrons. The minimum atomic E-state index is -0.326. The fourth-order valence-corrected chi connectivity index (χ4v) is 4.84. The van der Waals surface area contributed by atoms with Gasteiger partial charge >= 0.3 is 0 Å². The topological polar surface area (TPSA) is 76.7 Å². The molecule has 0 N–H and O–H groups in total. The SMILES string of the molecule is CCCCCCN1Cc2c(n(CC(=O)c3ccccc3)c3cc(-c4ccc(Cl)cc4)nn3c2=O)C1=O. The van der Waals surface area contributed by atoms with E-state index in [9.17, 15) is 14.4 Å². The molecule has 0 bridgehead atoms. The maximum atomic E-state index is 13.5. The number of rotatable bonds is 9. The third-order valence-corrected chi connectivity index (χ3v) is 6.88. The number of carbonyl (C=O) groups excluding carboxylic acids is 2. The van der Waals surface area contributed by atoms with Gasteiger partial charge in [-0.05, 0) is 18.6 Å². The molecular weight excluding hydrogens is 476 g/mol. The van der Waals surface area contributed by atoms with Crippen molar-refractivity contribution in [3.05, 3.63) is 92.9 Å². The summed E-state index contributed by atoms with van der Waals surface area (Å²) in [6.45, 7) is 2.88. The van der Waals surface area contributed by atoms with Crippen molar-refractivity contribution in [1.29, 1.82) is 0 Å². The van der Waals surface area contributed by atoms with Crippen molar-refractivity contribution in [3.63, 3.8) is 0 Å². The van der Waals surface area contributed by atoms with Gasteiger partial charge in [-0.15, -0.1) is 0 Å². The summed E-state index contributed by atoms with van der Waals surface area (Å²) in [6.07, 6.45) is 4.12. The first-order chi connectivity index (χ1) is 17.5. The van der Waals surface area contributed by atoms with Crippen molar-refractivity contribution >= 4 is 28.9 Å². The zero-order chi connectivity index (χ0) is 25.2. The van der Waals surface area contributed by atoms with Gasteiger partial charge in [0.05, 0.1) is 24.3 Å². The van der Waals surface area contributed by atoms with Crippen molar-refractivity contribution in [2.45, 2.75) is 45.7 Å². The second-order valence-corrected chi connectivity index (χ2v) is 9.54. The average Bonchev–Trinajstić information content (AvgIpc) is 3.48. The van der Waals surface area contributed by atoms with Crippen LogP contribution >= 0.6 is 11.6 Å². The number of halogens is 1. The lowest BCUT2D eigenvalue weighted by Gasteiger charge is -2.16. The van der Waals surface area contributed by atoms with E-state index in [2.05, 4.69) is 12.0 Å². The van der Waals surface area contributed by atoms with Gasteiger partial charge < -0.3 is 9.47 Å². The summed E-state index contributed by atoms with van der Waals surface area (Å²) >= 11 is 6.04. The van der Waals surface area contributed by atoms with Crippen LogP contribution in [0.3, 0.4) is 0 Å². The van der Waals surface area contributed by atoms with Gasteiger partial charge in [-0.3, -0.25) is 14.4 Å². The van der Waals surface area contributed by atoms with Crippen molar-refractivity contribution in [3.8, 4) is 11.3 Å². The van der Waals surface area contributed by atoms with Gasteiger partial charge in [-0.2, -0.15) is 9.61 Å². The van der Waals surface area contributed by atoms with Crippen LogP contribution in [0.15, 0.2) is 65.5 Å². The highest BCUT2D eigenvalue weighted by Crippen LogP contribution is 2.26. The molecule has 0 fully saturated rings. The van der Waals surface area contributed by atoms with Crippen LogP contribution < -0.4 is 5.56 Å². The zero-order valence-electron chi connectivity index (χ0n) is 20.1. The molecule has 4 aromatic rings. The highest BCUT2D eigenvalue weighted by molar-refractivity contribution is 6.30. The molecule has 3 heterocycles. The van der Waals surface area contributed by atoms with E-state index in [1.165, 1.54) is 4.52 Å². The molecule has 0 spiro atoms. The molecule has 2 aromatic carbocycles. The Hall–Kier alpha value is -3.71. The Morgan fingerprint density at radius 2 is 1.75 bits per heavy atom. The van der Waals surface area contributed by atoms with E-state index in [0.717, 1.165) is 31.2 Å². The number of hydrogen-bond acceptors (Lipinski definition) is 4. The molecular formula is C28H27ClN4O3. The lowest BCUT2D eigenvalue weighted by atomic mass is 10.1. The smallest absolute Gasteiger partial charge is 0.280 e. The van der Waals surface area contributed by atoms with E-state index >= 15 is 0 Å². The highest BCUT2D eigenvalue weighted by Gasteiger charge is 2.35. The maximum Gasteiger partial charge on any atom is 0.280 e. The lowest BCUT2D eigenvalue weighted by molar-refractivity contribution is 0.0767. The minimum Gasteiger partial charge on any atom is -0.333 e. The summed E-state index contributed by atoms with van der Waals surface area (Å²) in [4.78, 5) is 42.0. The van der Waals surface area contributed by atoms with Crippen molar-refractivity contribution in [2.24, 2.45) is 0 Å². The molecule has 0 saturated heterocycles. The van der Waals surface area contributed by atoms with Crippen molar-refractivity contribution in [1.82, 2.24) is 19.1 Å². The van der Waals surface area contributed by atoms with Gasteiger partial charge in [0.25, 0.3) is 11.5 Å². The van der Waals surface area contributed by atoms with E-state index in [0.29, 0.717) is 34.0 Å². The number of nitrogens with zero attached hydrogens (tertiary/aromatic N) is 4. The lowest BCUT2D eigenvalue weighted by Crippen LogP contribution is -2.28. The Morgan fingerprint density at radius 3 is 2.47 bits per heavy atom. The third-order valence-electron chi connectivity index (χ3n) is 6.63. The fraction of sp³-hybridized carbons (Fsp3) is 0.286. The van der Waals surface area contributed by atoms with Crippen molar-refractivity contribution < 1.29 is 9.59 Å². The summed E-state index contributed by atoms with van der Waals surface area (Å²) < 4.78 is 2.97. The van der Waals surface area contributed by atoms with E-state index in [1.54, 1.807) is 51.9 Å². The second-order valence-electron chi connectivity index (χ2n) is 9.10. The Kier molecular flexibility index (Phi) is 6.74. The molecule has 0 saturated carbocycles. The molecule has 1 aliphatic heterocycles. The summed E-state index contributed by atoms with van der Waals surface area (Å²) in [5.74, 6) is -0.358. The molecule has 36 heavy (non-hydrogen) atoms. The monoisotopic (exact) mass is 502 g/mol. The fourth-order valence-electron chi connectivity index (χ4n) is 4.71. The average molecular weight is 503 g/mol. The van der Waals surface area contributed by atoms with E-state index in [-0.39, 0.29) is 36.0 Å². The van der Waals surface area contributed by atoms with E-state index in [4.69, 9.17) is 11.6 Å². The third kappa shape index (κ3) is 4.46. The summed E-state index contributed by atoms with van der Waals surface area (Å²) in [5, 5.41) is 5.16. The number of aromatic nitrogens is 3. The van der Waals surface area contributed by atoms with E-state index in [1.807, 2.05) is 18.2 Å². The number of fused-ring (bicyclic) bond motifs is 2. The van der Waals surface area contributed by atoms with Gasteiger partial charge in [-0.1, -0.05) is 80.3 Å². The number of ketones is 1. The summed E-state index contributed by atoms with van der Waals surface area (Å²) in [6, 6.07) is 17.9. The largest absolute Gasteiger partial charge is 0.333 e. The first-order valence-corrected chi connectivity index (χ1v) is 12.6.